The van der Waals surface area contributed by atoms with Gasteiger partial charge >= 0.3 is 24.8 Å². The van der Waals surface area contributed by atoms with Crippen LogP contribution in [0.25, 0.3) is 43.6 Å². The molecule has 10 heterocycles. The van der Waals surface area contributed by atoms with E-state index in [0.29, 0.717) is 46.6 Å². The van der Waals surface area contributed by atoms with Crippen LogP contribution in [0.1, 0.15) is 114 Å². The molecule has 4 fully saturated rings. The third-order valence-corrected chi connectivity index (χ3v) is 23.3. The average molecular weight is 1620 g/mol. The first-order valence-electron chi connectivity index (χ1n) is 38.4. The van der Waals surface area contributed by atoms with Gasteiger partial charge in [-0.05, 0) is 120 Å². The first-order chi connectivity index (χ1) is 55.3. The molecular weight excluding hydrogens is 1520 g/mol. The van der Waals surface area contributed by atoms with Crippen molar-refractivity contribution >= 4 is 113 Å². The molecule has 6 aromatic heterocycles. The minimum Gasteiger partial charge on any atom is -0.870 e. The Bertz CT molecular complexity index is 5490. The number of aryl methyl sites for hydroxylation is 4. The van der Waals surface area contributed by atoms with E-state index in [-0.39, 0.29) is 59.1 Å². The van der Waals surface area contributed by atoms with Crippen molar-refractivity contribution in [3.05, 3.63) is 319 Å². The number of alkyl halides is 1. The molecule has 0 atom stereocenters. The Morgan fingerprint density at radius 2 is 0.803 bits per heavy atom. The number of likely N-dealkylation sites (tertiary alicyclic amines) is 1. The number of benzene rings is 8. The number of fused-ring (bicyclic) bond motifs is 4. The van der Waals surface area contributed by atoms with E-state index >= 15 is 0 Å². The summed E-state index contributed by atoms with van der Waals surface area (Å²) in [5.74, 6) is 0.153. The summed E-state index contributed by atoms with van der Waals surface area (Å²) in [6, 6.07) is 67.4. The van der Waals surface area contributed by atoms with Crippen LogP contribution >= 0.6 is 34.3 Å². The van der Waals surface area contributed by atoms with E-state index in [1.807, 2.05) is 184 Å². The van der Waals surface area contributed by atoms with E-state index in [4.69, 9.17) is 16.7 Å². The van der Waals surface area contributed by atoms with Crippen LogP contribution in [0.2, 0.25) is 0 Å². The van der Waals surface area contributed by atoms with Gasteiger partial charge in [0.2, 0.25) is 0 Å². The molecule has 25 heteroatoms. The zero-order valence-corrected chi connectivity index (χ0v) is 69.5. The summed E-state index contributed by atoms with van der Waals surface area (Å²) in [5.41, 5.74) is 15.7. The number of carboxylic acid groups (broad SMARTS) is 1. The minimum absolute atomic E-state index is 0. The number of carbonyl (C=O) groups is 6. The Kier molecular flexibility index (Phi) is 31.6. The second kappa shape index (κ2) is 41.8. The molecule has 5 N–H and O–H groups in total. The number of amides is 3. The first-order valence-corrected chi connectivity index (χ1v) is 40.7. The first kappa shape index (κ1) is 88.5. The summed E-state index contributed by atoms with van der Waals surface area (Å²) in [6.07, 6.45) is 14.4. The Hall–Kier alpha value is -10.9. The fourth-order valence-electron chi connectivity index (χ4n) is 14.9. The van der Waals surface area contributed by atoms with E-state index in [1.165, 1.54) is 77.8 Å². The molecule has 21 nitrogen and oxygen atoms in total. The van der Waals surface area contributed by atoms with Crippen molar-refractivity contribution in [1.29, 1.82) is 0 Å². The van der Waals surface area contributed by atoms with Crippen LogP contribution in [0.15, 0.2) is 248 Å². The van der Waals surface area contributed by atoms with Crippen LogP contribution in [0.3, 0.4) is 0 Å². The molecule has 0 radical (unpaired) electrons. The number of hydrogen-bond donors (Lipinski definition) is 2. The number of halogens is 1. The normalized spacial score (nSPS) is 14.0. The van der Waals surface area contributed by atoms with Crippen molar-refractivity contribution in [2.75, 3.05) is 78.5 Å². The summed E-state index contributed by atoms with van der Waals surface area (Å²) >= 11 is 8.34. The fourth-order valence-corrected chi connectivity index (χ4v) is 16.3. The van der Waals surface area contributed by atoms with Crippen LogP contribution in [0.4, 0.5) is 0 Å². The van der Waals surface area contributed by atoms with Crippen molar-refractivity contribution in [2.45, 2.75) is 51.1 Å². The Morgan fingerprint density at radius 1 is 0.436 bits per heavy atom. The smallest absolute Gasteiger partial charge is 0.870 e. The number of hydrogen-bond acceptors (Lipinski definition) is 14. The van der Waals surface area contributed by atoms with E-state index in [9.17, 15) is 28.8 Å². The van der Waals surface area contributed by atoms with E-state index in [0.717, 1.165) is 129 Å². The molecule has 0 spiro atoms. The van der Waals surface area contributed by atoms with Crippen molar-refractivity contribution in [2.24, 2.45) is 28.2 Å². The Morgan fingerprint density at radius 3 is 1.17 bits per heavy atom. The maximum absolute atomic E-state index is 13.2. The molecule has 8 aromatic carbocycles. The van der Waals surface area contributed by atoms with Gasteiger partial charge in [-0.1, -0.05) is 158 Å². The van der Waals surface area contributed by atoms with Gasteiger partial charge in [0, 0.05) is 228 Å². The number of carbonyl (C=O) groups excluding carboxylic acids is 5. The van der Waals surface area contributed by atoms with Crippen LogP contribution < -0.4 is 24.2 Å². The molecule has 0 saturated carbocycles. The fraction of sp³-hybridized carbons (Fsp3) is 0.261. The van der Waals surface area contributed by atoms with Crippen molar-refractivity contribution in [1.82, 2.24) is 58.1 Å². The van der Waals surface area contributed by atoms with Gasteiger partial charge in [0.05, 0.1) is 5.56 Å². The van der Waals surface area contributed by atoms with Crippen molar-refractivity contribution < 1.29 is 63.7 Å². The predicted octanol–water partition coefficient (Wildman–Crippen LogP) is 11.6. The second-order valence-corrected chi connectivity index (χ2v) is 31.3. The summed E-state index contributed by atoms with van der Waals surface area (Å²) in [5, 5.41) is 21.9. The number of thiazole rings is 2. The van der Waals surface area contributed by atoms with Crippen LogP contribution in [0, 0.1) is 0 Å². The Labute approximate surface area is 707 Å². The van der Waals surface area contributed by atoms with Gasteiger partial charge in [-0.15, -0.1) is 34.3 Å². The summed E-state index contributed by atoms with van der Waals surface area (Å²) in [6.45, 7) is 13.6. The topological polar surface area (TPSA) is 258 Å². The van der Waals surface area contributed by atoms with E-state index in [1.54, 1.807) is 38.4 Å². The van der Waals surface area contributed by atoms with Gasteiger partial charge in [0.15, 0.2) is 21.6 Å². The number of ketones is 2. The van der Waals surface area contributed by atoms with Crippen LogP contribution in [-0.4, -0.2) is 195 Å². The molecule has 600 valence electrons. The summed E-state index contributed by atoms with van der Waals surface area (Å²) in [7, 11) is 8.00. The van der Waals surface area contributed by atoms with Gasteiger partial charge in [-0.3, -0.25) is 33.8 Å². The van der Waals surface area contributed by atoms with Gasteiger partial charge in [-0.2, -0.15) is 0 Å². The molecule has 4 saturated heterocycles. The number of nitrogens with zero attached hydrogens (tertiary/aromatic N) is 11. The maximum Gasteiger partial charge on any atom is 1.00 e. The third-order valence-electron chi connectivity index (χ3n) is 21.5. The number of aromatic carboxylic acids is 1. The van der Waals surface area contributed by atoms with Crippen molar-refractivity contribution in [3.8, 4) is 0 Å². The monoisotopic (exact) mass is 1620 g/mol. The molecule has 4 aliphatic rings. The van der Waals surface area contributed by atoms with Gasteiger partial charge in [0.1, 0.15) is 0 Å². The second-order valence-electron chi connectivity index (χ2n) is 29.2. The SMILES string of the molecule is CC(=O)c1ccc2c(Cc3ccccc3)cn(C)c2c1.CC(=O)c1ccc2ccn(C)c2c1.ClCc1ccccc1.Cn1cc(Cc2ccccc2)c2ccc(C(=O)N3CC(N4CCN(C(=O)c5nccs5)CC4)C3)cc21.Cn1cc(Cc2ccccc2)c2ccc(C(=O)O)cc21.O.O=C(c1nccs1)N1CCN(C2CNC2)CC1.[Li+].[OH-]. The van der Waals surface area contributed by atoms with E-state index in [2.05, 4.69) is 126 Å². The average Bonchev–Trinajstić information content (AvgIpc) is 1.70. The molecule has 0 aliphatic carbocycles. The van der Waals surface area contributed by atoms with Gasteiger partial charge in [0.25, 0.3) is 17.7 Å². The number of aromatic nitrogens is 6. The number of Topliss-reactive ketones (excluding diaryl/α,β-unsaturated/α-hetero) is 2. The predicted molar refractivity (Wildman–Crippen MR) is 463 cm³/mol. The summed E-state index contributed by atoms with van der Waals surface area (Å²) < 4.78 is 8.22. The number of carboxylic acids is 1. The molecule has 0 unspecified atom stereocenters. The molecule has 14 aromatic rings. The summed E-state index contributed by atoms with van der Waals surface area (Å²) in [4.78, 5) is 90.3. The molecule has 0 bridgehead atoms. The molecule has 117 heavy (non-hydrogen) atoms. The largest absolute Gasteiger partial charge is 1.00 e. The van der Waals surface area contributed by atoms with Crippen LogP contribution in [-0.2, 0) is 53.3 Å². The zero-order chi connectivity index (χ0) is 79.8. The minimum atomic E-state index is -0.891. The molecule has 3 amide bonds. The standard InChI is InChI=1S/C28H29N5O2S.C18H17NO.C17H15NO2.C11H16N4OS.C11H11NO.C7H7Cl.Li.2H2O/c1-30-17-22(15-20-5-3-2-4-6-20)24-8-7-21(16-25(24)30)27(34)33-18-23(19-33)31-10-12-32(13-11-31)28(35)26-29-9-14-36-26;1-13(20)15-8-9-17-16(12-19(2)18(17)11-15)10-14-6-4-3-5-7-14;1-18-11-14(9-12-5-3-2-4-6-12)15-8-7-13(17(19)20)10-16(15)18;16-11(10-13-1-6-17-10)15-4-2-14(3-5-15)9-7-12-8-9;1-8(13)10-4-3-9-5-6-12(2)11(9)7-10;8-6-7-4-2-1-3-5-7;;;/h2-9,14,16-17,23H,10-13,15,18-19H2,1H3;3-9,11-12H,10H2,1-2H3;2-8,10-11H,9H2,1H3,(H,19,20);1,6,9,12H,2-5,7-8H2;3-7H,1-2H3;1-5H,6H2;;2*1H2/q;;;;;;+1;;/p-1. The van der Waals surface area contributed by atoms with Crippen molar-refractivity contribution in [3.63, 3.8) is 0 Å². The molecular formula is C92H98ClLiN12O9S2. The number of rotatable bonds is 15. The molecule has 18 rings (SSSR count). The van der Waals surface area contributed by atoms with Crippen LogP contribution in [0.5, 0.6) is 0 Å². The van der Waals surface area contributed by atoms with E-state index < -0.39 is 5.97 Å². The maximum atomic E-state index is 13.2. The van der Waals surface area contributed by atoms with Gasteiger partial charge < -0.3 is 54.3 Å². The number of piperazine rings is 2. The zero-order valence-electron chi connectivity index (χ0n) is 67.1. The van der Waals surface area contributed by atoms with Gasteiger partial charge in [-0.25, -0.2) is 14.8 Å². The Balaban J connectivity index is 0.000000156. The third kappa shape index (κ3) is 22.2. The number of nitrogens with one attached hydrogen (secondary N) is 1. The molecule has 4 aliphatic heterocycles. The quantitative estimate of drug-likeness (QED) is 0.0550.